The van der Waals surface area contributed by atoms with Crippen LogP contribution in [0.3, 0.4) is 0 Å². The molecule has 1 aliphatic rings. The number of allylic oxidation sites excluding steroid dienone is 1. The molecule has 1 aliphatic carbocycles. The largest absolute Gasteiger partial charge is 1.00 e. The second-order valence-electron chi connectivity index (χ2n) is 9.62. The molecule has 0 saturated carbocycles. The molecule has 3 aromatic rings. The monoisotopic (exact) mass is 435 g/mol. The van der Waals surface area contributed by atoms with E-state index < -0.39 is 16.2 Å². The summed E-state index contributed by atoms with van der Waals surface area (Å²) in [4.78, 5) is 3.99. The molecule has 1 unspecified atom stereocenters. The standard InChI is InChI=1S/C27H31NPSi.Li/c1-27(2,3)28-30(4,5)26-20-25(23-18-12-13-19-24(23)26)29(21-14-8-6-9-15-21)22-16-10-7-11-17-22;/h6-19,26,28H,1-5H3;/q-1;+1. The van der Waals surface area contributed by atoms with Crippen molar-refractivity contribution < 1.29 is 18.9 Å². The van der Waals surface area contributed by atoms with Crippen molar-refractivity contribution in [3.8, 4) is 0 Å². The van der Waals surface area contributed by atoms with Gasteiger partial charge in [0.25, 0.3) is 0 Å². The van der Waals surface area contributed by atoms with Gasteiger partial charge >= 0.3 is 18.9 Å². The number of nitrogens with one attached hydrogen (secondary N) is 1. The zero-order valence-corrected chi connectivity index (χ0v) is 21.5. The average molecular weight is 436 g/mol. The molecule has 3 aromatic carbocycles. The first-order valence-corrected chi connectivity index (χ1v) is 15.1. The Morgan fingerprint density at radius 3 is 1.77 bits per heavy atom. The Balaban J connectivity index is 0.00000272. The van der Waals surface area contributed by atoms with Gasteiger partial charge in [-0.3, -0.25) is 6.08 Å². The van der Waals surface area contributed by atoms with Crippen LogP contribution < -0.4 is 34.5 Å². The van der Waals surface area contributed by atoms with Crippen LogP contribution in [0.4, 0.5) is 0 Å². The molecule has 31 heavy (non-hydrogen) atoms. The Labute approximate surface area is 202 Å². The van der Waals surface area contributed by atoms with Crippen LogP contribution in [0.1, 0.15) is 37.4 Å². The van der Waals surface area contributed by atoms with Crippen LogP contribution in [0.15, 0.2) is 84.9 Å². The van der Waals surface area contributed by atoms with Gasteiger partial charge in [-0.2, -0.15) is 10.9 Å². The Hall–Kier alpha value is -1.40. The molecular weight excluding hydrogens is 404 g/mol. The normalized spacial score (nSPS) is 15.9. The Bertz CT molecular complexity index is 1000. The van der Waals surface area contributed by atoms with E-state index in [2.05, 4.69) is 130 Å². The zero-order chi connectivity index (χ0) is 21.4. The Morgan fingerprint density at radius 1 is 0.774 bits per heavy atom. The molecule has 0 heterocycles. The van der Waals surface area contributed by atoms with Gasteiger partial charge in [0.05, 0.1) is 0 Å². The van der Waals surface area contributed by atoms with Crippen LogP contribution in [0.5, 0.6) is 0 Å². The van der Waals surface area contributed by atoms with E-state index in [0.717, 1.165) is 0 Å². The van der Waals surface area contributed by atoms with Crippen molar-refractivity contribution in [3.05, 3.63) is 102 Å². The van der Waals surface area contributed by atoms with Gasteiger partial charge in [0.15, 0.2) is 0 Å². The van der Waals surface area contributed by atoms with E-state index in [9.17, 15) is 0 Å². The van der Waals surface area contributed by atoms with Gasteiger partial charge in [-0.15, -0.1) is 11.6 Å². The van der Waals surface area contributed by atoms with Crippen LogP contribution in [0.2, 0.25) is 13.1 Å². The molecule has 0 bridgehead atoms. The maximum absolute atomic E-state index is 4.06. The van der Waals surface area contributed by atoms with E-state index in [1.807, 2.05) is 0 Å². The van der Waals surface area contributed by atoms with Gasteiger partial charge in [0, 0.05) is 5.54 Å². The third-order valence-electron chi connectivity index (χ3n) is 5.48. The fraction of sp³-hybridized carbons (Fsp3) is 0.259. The van der Waals surface area contributed by atoms with Crippen LogP contribution in [0.25, 0.3) is 5.31 Å². The van der Waals surface area contributed by atoms with E-state index in [-0.39, 0.29) is 24.4 Å². The number of hydrogen-bond acceptors (Lipinski definition) is 1. The first-order chi connectivity index (χ1) is 14.3. The molecule has 0 fully saturated rings. The molecular formula is C27H31LiNPSi. The minimum Gasteiger partial charge on any atom is -0.333 e. The number of fused-ring (bicyclic) bond motifs is 1. The topological polar surface area (TPSA) is 12.0 Å². The fourth-order valence-electron chi connectivity index (χ4n) is 4.61. The summed E-state index contributed by atoms with van der Waals surface area (Å²) in [6, 6.07) is 30.9. The molecule has 1 atom stereocenters. The zero-order valence-electron chi connectivity index (χ0n) is 19.6. The number of benzene rings is 3. The third-order valence-corrected chi connectivity index (χ3v) is 11.2. The minimum atomic E-state index is -1.82. The maximum Gasteiger partial charge on any atom is 1.00 e. The maximum atomic E-state index is 4.06. The van der Waals surface area contributed by atoms with E-state index in [0.29, 0.717) is 5.54 Å². The van der Waals surface area contributed by atoms with E-state index in [1.165, 1.54) is 27.1 Å². The number of hydrogen-bond donors (Lipinski definition) is 1. The Morgan fingerprint density at radius 2 is 1.26 bits per heavy atom. The first-order valence-electron chi connectivity index (χ1n) is 10.7. The van der Waals surface area contributed by atoms with Crippen molar-refractivity contribution in [2.24, 2.45) is 0 Å². The summed E-state index contributed by atoms with van der Waals surface area (Å²) in [6.07, 6.45) is 4.06. The summed E-state index contributed by atoms with van der Waals surface area (Å²) in [5.74, 6) is 0. The van der Waals surface area contributed by atoms with Gasteiger partial charge in [-0.25, -0.2) is 0 Å². The van der Waals surface area contributed by atoms with Crippen molar-refractivity contribution >= 4 is 32.1 Å². The van der Waals surface area contributed by atoms with Crippen LogP contribution in [-0.4, -0.2) is 13.8 Å². The molecule has 0 radical (unpaired) electrons. The smallest absolute Gasteiger partial charge is 0.333 e. The van der Waals surface area contributed by atoms with E-state index in [4.69, 9.17) is 0 Å². The van der Waals surface area contributed by atoms with E-state index in [1.54, 1.807) is 0 Å². The third kappa shape index (κ3) is 5.33. The van der Waals surface area contributed by atoms with Crippen LogP contribution in [-0.2, 0) is 0 Å². The van der Waals surface area contributed by atoms with Gasteiger partial charge in [0.1, 0.15) is 8.24 Å². The van der Waals surface area contributed by atoms with Crippen molar-refractivity contribution in [1.82, 2.24) is 4.98 Å². The summed E-state index contributed by atoms with van der Waals surface area (Å²) in [7, 11) is -2.46. The van der Waals surface area contributed by atoms with Gasteiger partial charge in [-0.1, -0.05) is 105 Å². The van der Waals surface area contributed by atoms with Crippen molar-refractivity contribution in [2.75, 3.05) is 0 Å². The number of rotatable bonds is 5. The predicted octanol–water partition coefficient (Wildman–Crippen LogP) is 3.20. The summed E-state index contributed by atoms with van der Waals surface area (Å²) < 4.78 is 0. The van der Waals surface area contributed by atoms with Gasteiger partial charge in [-0.05, 0) is 31.4 Å². The molecule has 4 heteroatoms. The SMILES string of the molecule is CC(C)(C)N[Si](C)(C)C1[C-]=C(P(c2ccccc2)c2ccccc2)c2ccccc21.[Li+]. The minimum absolute atomic E-state index is 0. The second-order valence-corrected chi connectivity index (χ2v) is 16.0. The summed E-state index contributed by atoms with van der Waals surface area (Å²) in [6.45, 7) is 11.7. The van der Waals surface area contributed by atoms with Crippen LogP contribution in [0, 0.1) is 6.08 Å². The molecule has 0 aromatic heterocycles. The molecule has 0 saturated heterocycles. The molecule has 1 N–H and O–H groups in total. The van der Waals surface area contributed by atoms with Crippen molar-refractivity contribution in [3.63, 3.8) is 0 Å². The van der Waals surface area contributed by atoms with Crippen LogP contribution >= 0.6 is 7.92 Å². The molecule has 0 spiro atoms. The summed E-state index contributed by atoms with van der Waals surface area (Å²) in [5, 5.41) is 4.17. The first kappa shape index (κ1) is 24.3. The molecule has 4 rings (SSSR count). The average Bonchev–Trinajstić information content (AvgIpc) is 3.09. The van der Waals surface area contributed by atoms with Gasteiger partial charge < -0.3 is 4.98 Å². The molecule has 0 aliphatic heterocycles. The van der Waals surface area contributed by atoms with E-state index >= 15 is 0 Å². The van der Waals surface area contributed by atoms with Crippen molar-refractivity contribution in [1.29, 1.82) is 0 Å². The van der Waals surface area contributed by atoms with Crippen molar-refractivity contribution in [2.45, 2.75) is 44.9 Å². The quantitative estimate of drug-likeness (QED) is 0.369. The second kappa shape index (κ2) is 9.62. The molecule has 0 amide bonds. The summed E-state index contributed by atoms with van der Waals surface area (Å²) >= 11 is 0. The Kier molecular flexibility index (Phi) is 7.52. The fourth-order valence-corrected chi connectivity index (χ4v) is 10.8. The molecule has 154 valence electrons. The molecule has 1 nitrogen and oxygen atoms in total. The van der Waals surface area contributed by atoms with Gasteiger partial charge in [0.2, 0.25) is 0 Å². The summed E-state index contributed by atoms with van der Waals surface area (Å²) in [5.41, 5.74) is 3.27. The predicted molar refractivity (Wildman–Crippen MR) is 135 cm³/mol.